The van der Waals surface area contributed by atoms with Crippen LogP contribution in [0.4, 0.5) is 11.4 Å². The number of rotatable bonds is 5. The molecule has 0 saturated carbocycles. The number of halogens is 3. The Morgan fingerprint density at radius 3 is 2.35 bits per heavy atom. The van der Waals surface area contributed by atoms with Gasteiger partial charge >= 0.3 is 0 Å². The minimum Gasteiger partial charge on any atom is -0.321 e. The molecule has 170 valence electrons. The first kappa shape index (κ1) is 24.2. The predicted octanol–water partition coefficient (Wildman–Crippen LogP) is 6.71. The van der Waals surface area contributed by atoms with Crippen LogP contribution in [0.5, 0.6) is 0 Å². The summed E-state index contributed by atoms with van der Waals surface area (Å²) in [7, 11) is 0. The Labute approximate surface area is 215 Å². The van der Waals surface area contributed by atoms with Gasteiger partial charge in [-0.1, -0.05) is 64.8 Å². The molecule has 4 rings (SSSR count). The van der Waals surface area contributed by atoms with Crippen LogP contribution in [-0.2, 0) is 16.0 Å². The predicted molar refractivity (Wildman–Crippen MR) is 138 cm³/mol. The fraction of sp³-hybridized carbons (Fsp3) is 0.0800. The van der Waals surface area contributed by atoms with Crippen LogP contribution in [0, 0.1) is 11.3 Å². The van der Waals surface area contributed by atoms with E-state index >= 15 is 0 Å². The Kier molecular flexibility index (Phi) is 7.50. The lowest BCUT2D eigenvalue weighted by Crippen LogP contribution is -2.31. The topological polar surface area (TPSA) is 73.2 Å². The SMILES string of the molecule is N#CC(C(=O)Nc1ccccc1)=C1SC(Cc2cc(Cl)ccc2Cl)C(=O)N1c1ccc(Cl)cc1. The van der Waals surface area contributed by atoms with Crippen LogP contribution in [0.15, 0.2) is 83.4 Å². The summed E-state index contributed by atoms with van der Waals surface area (Å²) in [5.74, 6) is -0.886. The second kappa shape index (κ2) is 10.5. The summed E-state index contributed by atoms with van der Waals surface area (Å²) in [5.41, 5.74) is 1.56. The zero-order chi connectivity index (χ0) is 24.2. The van der Waals surface area contributed by atoms with Gasteiger partial charge in [0.2, 0.25) is 5.91 Å². The van der Waals surface area contributed by atoms with Crippen molar-refractivity contribution in [3.05, 3.63) is 104 Å². The van der Waals surface area contributed by atoms with E-state index in [0.29, 0.717) is 32.0 Å². The molecule has 1 fully saturated rings. The van der Waals surface area contributed by atoms with Gasteiger partial charge < -0.3 is 5.32 Å². The minimum absolute atomic E-state index is 0.170. The molecule has 1 saturated heterocycles. The normalized spacial score (nSPS) is 16.8. The first-order valence-electron chi connectivity index (χ1n) is 10.1. The lowest BCUT2D eigenvalue weighted by molar-refractivity contribution is -0.117. The summed E-state index contributed by atoms with van der Waals surface area (Å²) in [6, 6.07) is 22.4. The van der Waals surface area contributed by atoms with E-state index in [4.69, 9.17) is 34.8 Å². The van der Waals surface area contributed by atoms with Crippen molar-refractivity contribution < 1.29 is 9.59 Å². The fourth-order valence-corrected chi connectivity index (χ4v) is 5.24. The number of nitrogens with zero attached hydrogens (tertiary/aromatic N) is 2. The highest BCUT2D eigenvalue weighted by atomic mass is 35.5. The lowest BCUT2D eigenvalue weighted by Gasteiger charge is -2.19. The number of amides is 2. The average molecular weight is 529 g/mol. The maximum absolute atomic E-state index is 13.5. The van der Waals surface area contributed by atoms with Gasteiger partial charge in [-0.25, -0.2) is 0 Å². The van der Waals surface area contributed by atoms with E-state index in [0.717, 1.165) is 11.8 Å². The Morgan fingerprint density at radius 2 is 1.68 bits per heavy atom. The molecule has 1 N–H and O–H groups in total. The first-order valence-corrected chi connectivity index (χ1v) is 12.1. The number of thioether (sulfide) groups is 1. The third kappa shape index (κ3) is 5.24. The van der Waals surface area contributed by atoms with Crippen molar-refractivity contribution in [2.75, 3.05) is 10.2 Å². The molecule has 0 aliphatic carbocycles. The number of benzene rings is 3. The van der Waals surface area contributed by atoms with Crippen molar-refractivity contribution in [1.82, 2.24) is 0 Å². The van der Waals surface area contributed by atoms with Crippen LogP contribution in [0.3, 0.4) is 0 Å². The van der Waals surface area contributed by atoms with Gasteiger partial charge in [0.05, 0.1) is 5.25 Å². The summed E-state index contributed by atoms with van der Waals surface area (Å²) in [6.07, 6.45) is 0.273. The van der Waals surface area contributed by atoms with Crippen LogP contribution >= 0.6 is 46.6 Å². The number of anilines is 2. The van der Waals surface area contributed by atoms with Crippen LogP contribution in [0.25, 0.3) is 0 Å². The Hall–Kier alpha value is -2.95. The molecule has 0 spiro atoms. The van der Waals surface area contributed by atoms with Gasteiger partial charge in [-0.15, -0.1) is 0 Å². The summed E-state index contributed by atoms with van der Waals surface area (Å²) < 4.78 is 0. The number of nitriles is 1. The van der Waals surface area contributed by atoms with Crippen molar-refractivity contribution in [3.63, 3.8) is 0 Å². The summed E-state index contributed by atoms with van der Waals surface area (Å²) in [5, 5.41) is 13.7. The molecule has 1 heterocycles. The Morgan fingerprint density at radius 1 is 1.00 bits per heavy atom. The Balaban J connectivity index is 1.74. The van der Waals surface area contributed by atoms with Gasteiger partial charge in [-0.3, -0.25) is 14.5 Å². The van der Waals surface area contributed by atoms with Crippen molar-refractivity contribution >= 4 is 69.8 Å². The zero-order valence-corrected chi connectivity index (χ0v) is 20.6. The zero-order valence-electron chi connectivity index (χ0n) is 17.5. The van der Waals surface area contributed by atoms with E-state index in [1.165, 1.54) is 4.90 Å². The molecule has 2 amide bonds. The monoisotopic (exact) mass is 527 g/mol. The van der Waals surface area contributed by atoms with Gasteiger partial charge in [-0.2, -0.15) is 5.26 Å². The van der Waals surface area contributed by atoms with E-state index in [2.05, 4.69) is 5.32 Å². The maximum Gasteiger partial charge on any atom is 0.269 e. The molecule has 3 aromatic carbocycles. The number of carbonyl (C=O) groups excluding carboxylic acids is 2. The second-order valence-corrected chi connectivity index (χ2v) is 9.78. The van der Waals surface area contributed by atoms with Crippen LogP contribution in [0.1, 0.15) is 5.56 Å². The third-order valence-electron chi connectivity index (χ3n) is 5.04. The molecule has 1 aliphatic heterocycles. The summed E-state index contributed by atoms with van der Waals surface area (Å²) in [6.45, 7) is 0. The molecule has 9 heteroatoms. The van der Waals surface area contributed by atoms with E-state index in [9.17, 15) is 14.9 Å². The molecular formula is C25H16Cl3N3O2S. The molecule has 1 aliphatic rings. The fourth-order valence-electron chi connectivity index (χ4n) is 3.43. The van der Waals surface area contributed by atoms with Crippen molar-refractivity contribution in [1.29, 1.82) is 5.26 Å². The number of nitrogens with one attached hydrogen (secondary N) is 1. The number of hydrogen-bond donors (Lipinski definition) is 1. The molecule has 34 heavy (non-hydrogen) atoms. The van der Waals surface area contributed by atoms with E-state index < -0.39 is 11.2 Å². The summed E-state index contributed by atoms with van der Waals surface area (Å²) in [4.78, 5) is 27.9. The molecule has 0 radical (unpaired) electrons. The van der Waals surface area contributed by atoms with E-state index in [1.54, 1.807) is 66.7 Å². The van der Waals surface area contributed by atoms with Crippen LogP contribution in [0.2, 0.25) is 15.1 Å². The Bertz CT molecular complexity index is 1320. The van der Waals surface area contributed by atoms with Gasteiger partial charge in [0.1, 0.15) is 16.7 Å². The van der Waals surface area contributed by atoms with E-state index in [1.807, 2.05) is 12.1 Å². The van der Waals surface area contributed by atoms with Gasteiger partial charge in [0.15, 0.2) is 0 Å². The lowest BCUT2D eigenvalue weighted by atomic mass is 10.1. The molecular weight excluding hydrogens is 513 g/mol. The molecule has 1 atom stereocenters. The second-order valence-electron chi connectivity index (χ2n) is 7.31. The first-order chi connectivity index (χ1) is 16.4. The molecule has 1 unspecified atom stereocenters. The maximum atomic E-state index is 13.5. The number of para-hydroxylation sites is 1. The van der Waals surface area contributed by atoms with Crippen LogP contribution < -0.4 is 10.2 Å². The van der Waals surface area contributed by atoms with Gasteiger partial charge in [0.25, 0.3) is 5.91 Å². The van der Waals surface area contributed by atoms with Crippen molar-refractivity contribution in [2.24, 2.45) is 0 Å². The molecule has 0 aromatic heterocycles. The van der Waals surface area contributed by atoms with Gasteiger partial charge in [-0.05, 0) is 66.6 Å². The smallest absolute Gasteiger partial charge is 0.269 e. The third-order valence-corrected chi connectivity index (χ3v) is 7.15. The standard InChI is InChI=1S/C25H16Cl3N3O2S/c26-16-6-9-19(10-7-16)31-24(33)22(13-15-12-17(27)8-11-21(15)28)34-25(31)20(14-29)23(32)30-18-4-2-1-3-5-18/h1-12,22H,13H2,(H,30,32). The molecule has 3 aromatic rings. The average Bonchev–Trinajstić information content (AvgIpc) is 3.13. The highest BCUT2D eigenvalue weighted by Gasteiger charge is 2.41. The number of hydrogen-bond acceptors (Lipinski definition) is 4. The highest BCUT2D eigenvalue weighted by Crippen LogP contribution is 2.43. The largest absolute Gasteiger partial charge is 0.321 e. The quantitative estimate of drug-likeness (QED) is 0.295. The van der Waals surface area contributed by atoms with Crippen molar-refractivity contribution in [2.45, 2.75) is 11.7 Å². The van der Waals surface area contributed by atoms with E-state index in [-0.39, 0.29) is 22.9 Å². The number of carbonyl (C=O) groups is 2. The molecule has 5 nitrogen and oxygen atoms in total. The van der Waals surface area contributed by atoms with Gasteiger partial charge in [0, 0.05) is 26.4 Å². The van der Waals surface area contributed by atoms with Crippen LogP contribution in [-0.4, -0.2) is 17.1 Å². The highest BCUT2D eigenvalue weighted by molar-refractivity contribution is 8.05. The minimum atomic E-state index is -0.616. The molecule has 0 bridgehead atoms. The van der Waals surface area contributed by atoms with Crippen molar-refractivity contribution in [3.8, 4) is 6.07 Å². The summed E-state index contributed by atoms with van der Waals surface area (Å²) >= 11 is 19.6.